The summed E-state index contributed by atoms with van der Waals surface area (Å²) < 4.78 is 0. The molecule has 3 heteroatoms. The molecule has 0 bridgehead atoms. The lowest BCUT2D eigenvalue weighted by molar-refractivity contribution is 0.282. The zero-order valence-electron chi connectivity index (χ0n) is 9.54. The summed E-state index contributed by atoms with van der Waals surface area (Å²) in [4.78, 5) is 5.25. The summed E-state index contributed by atoms with van der Waals surface area (Å²) in [7, 11) is 0. The van der Waals surface area contributed by atoms with Crippen molar-refractivity contribution in [2.75, 3.05) is 5.75 Å². The molecule has 88 valence electrons. The fourth-order valence-corrected chi connectivity index (χ4v) is 2.43. The van der Waals surface area contributed by atoms with Crippen LogP contribution in [0.5, 0.6) is 0 Å². The molecule has 2 nitrogen and oxygen atoms in total. The second-order valence-electron chi connectivity index (χ2n) is 3.76. The lowest BCUT2D eigenvalue weighted by atomic mass is 10.2. The molecule has 17 heavy (non-hydrogen) atoms. The number of aliphatic hydroxyl groups excluding tert-OH is 1. The van der Waals surface area contributed by atoms with Gasteiger partial charge in [0.1, 0.15) is 0 Å². The van der Waals surface area contributed by atoms with Crippen molar-refractivity contribution >= 4 is 11.8 Å². The van der Waals surface area contributed by atoms with Crippen molar-refractivity contribution in [2.24, 2.45) is 0 Å². The second kappa shape index (κ2) is 6.42. The van der Waals surface area contributed by atoms with Gasteiger partial charge in [-0.2, -0.15) is 0 Å². The minimum atomic E-state index is 0.113. The van der Waals surface area contributed by atoms with Crippen molar-refractivity contribution in [1.29, 1.82) is 0 Å². The molecule has 0 unspecified atom stereocenters. The van der Waals surface area contributed by atoms with Crippen molar-refractivity contribution in [1.82, 2.24) is 4.98 Å². The molecule has 0 saturated carbocycles. The van der Waals surface area contributed by atoms with Crippen LogP contribution in [-0.2, 0) is 13.0 Å². The zero-order valence-corrected chi connectivity index (χ0v) is 10.4. The lowest BCUT2D eigenvalue weighted by Gasteiger charge is -2.03. The Morgan fingerprint density at radius 1 is 0.941 bits per heavy atom. The van der Waals surface area contributed by atoms with Gasteiger partial charge in [0.25, 0.3) is 0 Å². The van der Waals surface area contributed by atoms with E-state index in [-0.39, 0.29) is 6.61 Å². The Balaban J connectivity index is 1.82. The third-order valence-electron chi connectivity index (χ3n) is 2.51. The van der Waals surface area contributed by atoms with E-state index in [9.17, 15) is 0 Å². The number of hydrogen-bond acceptors (Lipinski definition) is 3. The molecule has 0 atom stereocenters. The van der Waals surface area contributed by atoms with Crippen LogP contribution in [0.15, 0.2) is 53.7 Å². The third kappa shape index (κ3) is 3.88. The van der Waals surface area contributed by atoms with Gasteiger partial charge in [-0.1, -0.05) is 12.1 Å². The Labute approximate surface area is 106 Å². The van der Waals surface area contributed by atoms with Crippen molar-refractivity contribution in [3.8, 4) is 0 Å². The fourth-order valence-electron chi connectivity index (χ4n) is 1.53. The van der Waals surface area contributed by atoms with E-state index in [2.05, 4.69) is 29.2 Å². The Hall–Kier alpha value is -1.32. The van der Waals surface area contributed by atoms with E-state index in [1.54, 1.807) is 0 Å². The second-order valence-corrected chi connectivity index (χ2v) is 4.92. The van der Waals surface area contributed by atoms with Gasteiger partial charge in [-0.3, -0.25) is 4.98 Å². The van der Waals surface area contributed by atoms with Crippen LogP contribution >= 0.6 is 11.8 Å². The van der Waals surface area contributed by atoms with E-state index in [0.29, 0.717) is 0 Å². The van der Waals surface area contributed by atoms with E-state index in [4.69, 9.17) is 5.11 Å². The zero-order chi connectivity index (χ0) is 11.9. The minimum Gasteiger partial charge on any atom is -0.392 e. The Morgan fingerprint density at radius 3 is 2.29 bits per heavy atom. The number of hydrogen-bond donors (Lipinski definition) is 1. The van der Waals surface area contributed by atoms with E-state index in [1.807, 2.05) is 36.3 Å². The highest BCUT2D eigenvalue weighted by molar-refractivity contribution is 7.99. The summed E-state index contributed by atoms with van der Waals surface area (Å²) in [5.41, 5.74) is 2.28. The molecular weight excluding hydrogens is 230 g/mol. The molecule has 0 aliphatic carbocycles. The van der Waals surface area contributed by atoms with Crippen LogP contribution < -0.4 is 0 Å². The SMILES string of the molecule is OCc1ccc(SCCc2ccncc2)cc1. The predicted octanol–water partition coefficient (Wildman–Crippen LogP) is 2.91. The van der Waals surface area contributed by atoms with E-state index in [0.717, 1.165) is 17.7 Å². The molecule has 0 aliphatic rings. The number of rotatable bonds is 5. The van der Waals surface area contributed by atoms with Crippen LogP contribution in [0.4, 0.5) is 0 Å². The minimum absolute atomic E-state index is 0.113. The highest BCUT2D eigenvalue weighted by atomic mass is 32.2. The summed E-state index contributed by atoms with van der Waals surface area (Å²) in [6.07, 6.45) is 4.71. The molecule has 2 aromatic rings. The summed E-state index contributed by atoms with van der Waals surface area (Å²) in [6.45, 7) is 0.113. The molecule has 1 heterocycles. The molecule has 0 spiro atoms. The normalized spacial score (nSPS) is 10.4. The number of aromatic nitrogens is 1. The van der Waals surface area contributed by atoms with Crippen molar-refractivity contribution in [3.05, 3.63) is 59.9 Å². The van der Waals surface area contributed by atoms with Crippen LogP contribution in [0.1, 0.15) is 11.1 Å². The summed E-state index contributed by atoms with van der Waals surface area (Å²) in [5, 5.41) is 8.94. The van der Waals surface area contributed by atoms with Gasteiger partial charge in [-0.25, -0.2) is 0 Å². The lowest BCUT2D eigenvalue weighted by Crippen LogP contribution is -1.89. The van der Waals surface area contributed by atoms with Crippen molar-refractivity contribution in [2.45, 2.75) is 17.9 Å². The monoisotopic (exact) mass is 245 g/mol. The topological polar surface area (TPSA) is 33.1 Å². The quantitative estimate of drug-likeness (QED) is 0.822. The average Bonchev–Trinajstić information content (AvgIpc) is 2.41. The summed E-state index contributed by atoms with van der Waals surface area (Å²) in [5.74, 6) is 1.06. The fraction of sp³-hybridized carbons (Fsp3) is 0.214. The number of thioether (sulfide) groups is 1. The van der Waals surface area contributed by atoms with Gasteiger partial charge in [0.2, 0.25) is 0 Å². The molecule has 0 aliphatic heterocycles. The van der Waals surface area contributed by atoms with Gasteiger partial charge in [-0.05, 0) is 41.8 Å². The standard InChI is InChI=1S/C14H15NOS/c16-11-13-1-3-14(4-2-13)17-10-7-12-5-8-15-9-6-12/h1-6,8-9,16H,7,10-11H2. The largest absolute Gasteiger partial charge is 0.392 e. The number of nitrogens with zero attached hydrogens (tertiary/aromatic N) is 1. The van der Waals surface area contributed by atoms with Gasteiger partial charge >= 0.3 is 0 Å². The molecule has 0 saturated heterocycles. The average molecular weight is 245 g/mol. The maximum absolute atomic E-state index is 8.94. The number of benzene rings is 1. The number of pyridine rings is 1. The van der Waals surface area contributed by atoms with Gasteiger partial charge in [0, 0.05) is 23.0 Å². The van der Waals surface area contributed by atoms with Crippen LogP contribution in [0.2, 0.25) is 0 Å². The number of aliphatic hydroxyl groups is 1. The van der Waals surface area contributed by atoms with Gasteiger partial charge in [0.15, 0.2) is 0 Å². The molecule has 0 amide bonds. The first-order chi connectivity index (χ1) is 8.38. The maximum Gasteiger partial charge on any atom is 0.0681 e. The molecule has 0 radical (unpaired) electrons. The Morgan fingerprint density at radius 2 is 1.65 bits per heavy atom. The van der Waals surface area contributed by atoms with E-state index in [1.165, 1.54) is 10.5 Å². The highest BCUT2D eigenvalue weighted by Crippen LogP contribution is 2.19. The first-order valence-corrected chi connectivity index (χ1v) is 6.58. The van der Waals surface area contributed by atoms with Crippen LogP contribution in [0, 0.1) is 0 Å². The van der Waals surface area contributed by atoms with Crippen LogP contribution in [-0.4, -0.2) is 15.8 Å². The smallest absolute Gasteiger partial charge is 0.0681 e. The first kappa shape index (κ1) is 12.1. The summed E-state index contributed by atoms with van der Waals surface area (Å²) in [6, 6.07) is 12.2. The Bertz CT molecular complexity index is 442. The Kier molecular flexibility index (Phi) is 4.59. The van der Waals surface area contributed by atoms with Crippen LogP contribution in [0.25, 0.3) is 0 Å². The van der Waals surface area contributed by atoms with Gasteiger partial charge in [0.05, 0.1) is 6.61 Å². The number of aryl methyl sites for hydroxylation is 1. The predicted molar refractivity (Wildman–Crippen MR) is 71.0 cm³/mol. The molecule has 2 rings (SSSR count). The summed E-state index contributed by atoms with van der Waals surface area (Å²) >= 11 is 1.83. The van der Waals surface area contributed by atoms with Crippen LogP contribution in [0.3, 0.4) is 0 Å². The molecule has 1 N–H and O–H groups in total. The molecule has 0 fully saturated rings. The molecule has 1 aromatic carbocycles. The van der Waals surface area contributed by atoms with Gasteiger partial charge < -0.3 is 5.11 Å². The van der Waals surface area contributed by atoms with Crippen molar-refractivity contribution < 1.29 is 5.11 Å². The third-order valence-corrected chi connectivity index (χ3v) is 3.53. The van der Waals surface area contributed by atoms with E-state index < -0.39 is 0 Å². The molecule has 1 aromatic heterocycles. The van der Waals surface area contributed by atoms with Crippen molar-refractivity contribution in [3.63, 3.8) is 0 Å². The highest BCUT2D eigenvalue weighted by Gasteiger charge is 1.96. The first-order valence-electron chi connectivity index (χ1n) is 5.60. The van der Waals surface area contributed by atoms with E-state index >= 15 is 0 Å². The maximum atomic E-state index is 8.94. The molecular formula is C14H15NOS. The van der Waals surface area contributed by atoms with Gasteiger partial charge in [-0.15, -0.1) is 11.8 Å².